The van der Waals surface area contributed by atoms with E-state index in [1.807, 2.05) is 6.07 Å². The number of aromatic nitrogens is 1. The first kappa shape index (κ1) is 15.5. The highest BCUT2D eigenvalue weighted by atomic mass is 35.5. The van der Waals surface area contributed by atoms with Gasteiger partial charge in [0.05, 0.1) is 17.2 Å². The third kappa shape index (κ3) is 4.30. The van der Waals surface area contributed by atoms with Gasteiger partial charge in [-0.25, -0.2) is 9.78 Å². The Balaban J connectivity index is 1.85. The van der Waals surface area contributed by atoms with Crippen LogP contribution in [0.1, 0.15) is 15.9 Å². The molecule has 1 N–H and O–H groups in total. The molecule has 110 valence electrons. The Hall–Kier alpha value is -2.91. The molecule has 0 bridgehead atoms. The van der Waals surface area contributed by atoms with Crippen LogP contribution in [0.25, 0.3) is 0 Å². The fourth-order valence-electron chi connectivity index (χ4n) is 1.54. The molecule has 0 unspecified atom stereocenters. The van der Waals surface area contributed by atoms with Crippen LogP contribution in [-0.2, 0) is 9.53 Å². The molecule has 0 atom stereocenters. The Morgan fingerprint density at radius 1 is 1.23 bits per heavy atom. The quantitative estimate of drug-likeness (QED) is 0.691. The number of hydrogen-bond donors (Lipinski definition) is 1. The lowest BCUT2D eigenvalue weighted by Gasteiger charge is -2.06. The number of nitriles is 1. The van der Waals surface area contributed by atoms with Gasteiger partial charge in [-0.05, 0) is 36.4 Å². The first-order valence-corrected chi connectivity index (χ1v) is 6.55. The van der Waals surface area contributed by atoms with Gasteiger partial charge in [0.1, 0.15) is 5.15 Å². The minimum absolute atomic E-state index is 0.204. The molecule has 0 aliphatic heterocycles. The van der Waals surface area contributed by atoms with Crippen molar-refractivity contribution in [3.63, 3.8) is 0 Å². The van der Waals surface area contributed by atoms with Gasteiger partial charge in [-0.2, -0.15) is 5.26 Å². The third-order valence-corrected chi connectivity index (χ3v) is 2.82. The number of amides is 1. The van der Waals surface area contributed by atoms with Gasteiger partial charge in [-0.15, -0.1) is 0 Å². The van der Waals surface area contributed by atoms with E-state index in [0.29, 0.717) is 11.3 Å². The number of carbonyl (C=O) groups excluding carboxylic acids is 2. The molecule has 1 heterocycles. The highest BCUT2D eigenvalue weighted by molar-refractivity contribution is 6.29. The third-order valence-electron chi connectivity index (χ3n) is 2.60. The predicted molar refractivity (Wildman–Crippen MR) is 79.3 cm³/mol. The number of nitrogens with one attached hydrogen (secondary N) is 1. The zero-order valence-electron chi connectivity index (χ0n) is 11.2. The summed E-state index contributed by atoms with van der Waals surface area (Å²) >= 11 is 5.61. The van der Waals surface area contributed by atoms with E-state index in [4.69, 9.17) is 21.6 Å². The van der Waals surface area contributed by atoms with Crippen LogP contribution in [0.5, 0.6) is 0 Å². The molecule has 2 rings (SSSR count). The van der Waals surface area contributed by atoms with Crippen LogP contribution in [0.3, 0.4) is 0 Å². The van der Waals surface area contributed by atoms with Crippen molar-refractivity contribution in [2.45, 2.75) is 0 Å². The Morgan fingerprint density at radius 2 is 1.95 bits per heavy atom. The lowest BCUT2D eigenvalue weighted by Crippen LogP contribution is -2.20. The Bertz CT molecular complexity index is 721. The number of hydrogen-bond acceptors (Lipinski definition) is 5. The number of benzene rings is 1. The molecular formula is C15H10ClN3O3. The highest BCUT2D eigenvalue weighted by Crippen LogP contribution is 2.09. The molecule has 0 radical (unpaired) electrons. The average molecular weight is 316 g/mol. The van der Waals surface area contributed by atoms with E-state index in [2.05, 4.69) is 10.3 Å². The molecular weight excluding hydrogens is 306 g/mol. The van der Waals surface area contributed by atoms with Crippen LogP contribution in [-0.4, -0.2) is 23.5 Å². The van der Waals surface area contributed by atoms with Crippen molar-refractivity contribution in [1.82, 2.24) is 4.98 Å². The topological polar surface area (TPSA) is 92.1 Å². The van der Waals surface area contributed by atoms with E-state index >= 15 is 0 Å². The summed E-state index contributed by atoms with van der Waals surface area (Å²) in [5.41, 5.74) is 1.20. The van der Waals surface area contributed by atoms with Gasteiger partial charge in [0.25, 0.3) is 5.91 Å². The number of carbonyl (C=O) groups is 2. The van der Waals surface area contributed by atoms with E-state index in [0.717, 1.165) is 0 Å². The van der Waals surface area contributed by atoms with Crippen molar-refractivity contribution in [1.29, 1.82) is 5.26 Å². The normalized spacial score (nSPS) is 9.64. The monoisotopic (exact) mass is 315 g/mol. The van der Waals surface area contributed by atoms with Gasteiger partial charge >= 0.3 is 5.97 Å². The number of nitrogens with zero attached hydrogens (tertiary/aromatic N) is 2. The fourth-order valence-corrected chi connectivity index (χ4v) is 1.65. The second-order valence-corrected chi connectivity index (χ2v) is 4.57. The molecule has 1 amide bonds. The summed E-state index contributed by atoms with van der Waals surface area (Å²) in [4.78, 5) is 27.1. The van der Waals surface area contributed by atoms with Gasteiger partial charge in [0.15, 0.2) is 6.61 Å². The smallest absolute Gasteiger partial charge is 0.340 e. The molecule has 0 aliphatic rings. The molecule has 1 aromatic heterocycles. The van der Waals surface area contributed by atoms with Gasteiger partial charge in [0.2, 0.25) is 0 Å². The first-order valence-electron chi connectivity index (χ1n) is 6.17. The molecule has 0 spiro atoms. The molecule has 0 fully saturated rings. The second-order valence-electron chi connectivity index (χ2n) is 4.18. The van der Waals surface area contributed by atoms with Crippen LogP contribution >= 0.6 is 11.6 Å². The van der Waals surface area contributed by atoms with E-state index < -0.39 is 18.5 Å². The average Bonchev–Trinajstić information content (AvgIpc) is 2.54. The lowest BCUT2D eigenvalue weighted by molar-refractivity contribution is -0.119. The minimum Gasteiger partial charge on any atom is -0.452 e. The van der Waals surface area contributed by atoms with Crippen molar-refractivity contribution >= 4 is 29.2 Å². The summed E-state index contributed by atoms with van der Waals surface area (Å²) in [6.45, 7) is -0.429. The standard InChI is InChI=1S/C15H10ClN3O3/c16-13-6-3-11(8-18-13)15(21)22-9-14(20)19-12-4-1-10(7-17)2-5-12/h1-6,8H,9H2,(H,19,20). The van der Waals surface area contributed by atoms with E-state index in [-0.39, 0.29) is 10.7 Å². The molecule has 7 heteroatoms. The summed E-state index contributed by atoms with van der Waals surface area (Å²) in [7, 11) is 0. The Kier molecular flexibility index (Phi) is 5.07. The zero-order valence-corrected chi connectivity index (χ0v) is 12.0. The predicted octanol–water partition coefficient (Wildman–Crippen LogP) is 2.40. The summed E-state index contributed by atoms with van der Waals surface area (Å²) < 4.78 is 4.86. The number of halogens is 1. The lowest BCUT2D eigenvalue weighted by atomic mass is 10.2. The number of anilines is 1. The maximum atomic E-state index is 11.7. The van der Waals surface area contributed by atoms with Gasteiger partial charge in [-0.1, -0.05) is 11.6 Å². The maximum Gasteiger partial charge on any atom is 0.340 e. The largest absolute Gasteiger partial charge is 0.452 e. The molecule has 6 nitrogen and oxygen atoms in total. The SMILES string of the molecule is N#Cc1ccc(NC(=O)COC(=O)c2ccc(Cl)nc2)cc1. The molecule has 0 saturated heterocycles. The summed E-state index contributed by atoms with van der Waals surface area (Å²) in [6, 6.07) is 11.2. The van der Waals surface area contributed by atoms with Crippen molar-refractivity contribution in [3.8, 4) is 6.07 Å². The maximum absolute atomic E-state index is 11.7. The van der Waals surface area contributed by atoms with E-state index in [1.165, 1.54) is 18.3 Å². The van der Waals surface area contributed by atoms with Crippen molar-refractivity contribution in [2.75, 3.05) is 11.9 Å². The summed E-state index contributed by atoms with van der Waals surface area (Å²) in [6.07, 6.45) is 1.27. The number of esters is 1. The van der Waals surface area contributed by atoms with Crippen molar-refractivity contribution in [3.05, 3.63) is 58.9 Å². The molecule has 0 saturated carbocycles. The van der Waals surface area contributed by atoms with Crippen LogP contribution < -0.4 is 5.32 Å². The number of ether oxygens (including phenoxy) is 1. The second kappa shape index (κ2) is 7.20. The summed E-state index contributed by atoms with van der Waals surface area (Å²) in [5.74, 6) is -1.15. The molecule has 0 aliphatic carbocycles. The Labute approximate surface area is 131 Å². The van der Waals surface area contributed by atoms with Crippen molar-refractivity contribution < 1.29 is 14.3 Å². The fraction of sp³-hybridized carbons (Fsp3) is 0.0667. The molecule has 1 aromatic carbocycles. The van der Waals surface area contributed by atoms with Crippen LogP contribution in [0.15, 0.2) is 42.6 Å². The van der Waals surface area contributed by atoms with Gasteiger partial charge in [-0.3, -0.25) is 4.79 Å². The number of pyridine rings is 1. The van der Waals surface area contributed by atoms with Crippen LogP contribution in [0.2, 0.25) is 5.15 Å². The van der Waals surface area contributed by atoms with E-state index in [1.54, 1.807) is 24.3 Å². The van der Waals surface area contributed by atoms with Crippen LogP contribution in [0.4, 0.5) is 5.69 Å². The van der Waals surface area contributed by atoms with E-state index in [9.17, 15) is 9.59 Å². The zero-order chi connectivity index (χ0) is 15.9. The van der Waals surface area contributed by atoms with Crippen LogP contribution in [0, 0.1) is 11.3 Å². The first-order chi connectivity index (χ1) is 10.6. The van der Waals surface area contributed by atoms with Gasteiger partial charge < -0.3 is 10.1 Å². The van der Waals surface area contributed by atoms with Gasteiger partial charge in [0, 0.05) is 11.9 Å². The molecule has 2 aromatic rings. The Morgan fingerprint density at radius 3 is 2.55 bits per heavy atom. The highest BCUT2D eigenvalue weighted by Gasteiger charge is 2.10. The minimum atomic E-state index is -0.667. The van der Waals surface area contributed by atoms with Crippen molar-refractivity contribution in [2.24, 2.45) is 0 Å². The summed E-state index contributed by atoms with van der Waals surface area (Å²) in [5, 5.41) is 11.5. The number of rotatable bonds is 4. The molecule has 22 heavy (non-hydrogen) atoms.